The standard InChI is InChI=1S/C44H52N4O2/c1-3-4-5-6-7-8-9-10-11-12-13-14-15-16-17-18-19-20-24-27-44(49)46-39(32-37-25-22-21-23-26-37)35-50-40-30-31-45-43(34-40)38-28-29-42-41(33-38)36(2)47-48-42/h4-5,7-8,10-11,13-14,16-17,19-23,25-26,28-31,33-34,39H,3,6,9,12,15,18,24,27,32,35H2,1-2H3,(H,46,49)(H,47,48)/b5-4-,8-7-,11-10-,14-13-,17-16-,20-19-/t39-/m0/s1. The molecule has 0 unspecified atom stereocenters. The molecule has 0 aliphatic carbocycles. The number of pyridine rings is 1. The molecule has 2 heterocycles. The number of aromatic nitrogens is 3. The van der Waals surface area contributed by atoms with Crippen molar-refractivity contribution in [1.29, 1.82) is 0 Å². The third kappa shape index (κ3) is 14.1. The average Bonchev–Trinajstić information content (AvgIpc) is 3.51. The Morgan fingerprint density at radius 2 is 1.44 bits per heavy atom. The fraction of sp³-hybridized carbons (Fsp3) is 0.295. The molecule has 260 valence electrons. The zero-order valence-electron chi connectivity index (χ0n) is 29.6. The summed E-state index contributed by atoms with van der Waals surface area (Å²) in [4.78, 5) is 17.5. The number of allylic oxidation sites excluding steroid dienone is 12. The first-order valence-corrected chi connectivity index (χ1v) is 17.9. The van der Waals surface area contributed by atoms with Crippen molar-refractivity contribution in [3.8, 4) is 17.0 Å². The zero-order valence-corrected chi connectivity index (χ0v) is 29.6. The Hall–Kier alpha value is -5.23. The topological polar surface area (TPSA) is 79.9 Å². The number of nitrogens with one attached hydrogen (secondary N) is 2. The van der Waals surface area contributed by atoms with Gasteiger partial charge >= 0.3 is 0 Å². The molecule has 6 nitrogen and oxygen atoms in total. The molecular weight excluding hydrogens is 617 g/mol. The van der Waals surface area contributed by atoms with Crippen molar-refractivity contribution in [3.63, 3.8) is 0 Å². The van der Waals surface area contributed by atoms with Gasteiger partial charge in [-0.3, -0.25) is 14.9 Å². The molecule has 6 heteroatoms. The number of hydrogen-bond donors (Lipinski definition) is 2. The van der Waals surface area contributed by atoms with Gasteiger partial charge in [0.05, 0.1) is 17.3 Å². The van der Waals surface area contributed by atoms with Crippen molar-refractivity contribution in [2.45, 2.75) is 77.7 Å². The maximum Gasteiger partial charge on any atom is 0.220 e. The van der Waals surface area contributed by atoms with E-state index in [1.807, 2.05) is 49.4 Å². The molecule has 0 saturated heterocycles. The summed E-state index contributed by atoms with van der Waals surface area (Å²) in [6.45, 7) is 4.52. The number of hydrogen-bond acceptors (Lipinski definition) is 4. The van der Waals surface area contributed by atoms with E-state index in [1.165, 1.54) is 0 Å². The van der Waals surface area contributed by atoms with Crippen LogP contribution in [0.1, 0.15) is 69.5 Å². The first-order valence-electron chi connectivity index (χ1n) is 17.9. The Bertz CT molecular complexity index is 1760. The van der Waals surface area contributed by atoms with E-state index in [-0.39, 0.29) is 11.9 Å². The summed E-state index contributed by atoms with van der Waals surface area (Å²) in [6.07, 6.45) is 35.7. The predicted molar refractivity (Wildman–Crippen MR) is 209 cm³/mol. The molecule has 0 radical (unpaired) electrons. The minimum absolute atomic E-state index is 0.0215. The number of carbonyl (C=O) groups is 1. The Morgan fingerprint density at radius 1 is 0.800 bits per heavy atom. The van der Waals surface area contributed by atoms with Crippen molar-refractivity contribution in [3.05, 3.63) is 151 Å². The first-order chi connectivity index (χ1) is 24.6. The number of rotatable bonds is 21. The molecule has 4 rings (SSSR count). The van der Waals surface area contributed by atoms with Crippen molar-refractivity contribution in [2.75, 3.05) is 6.61 Å². The normalized spacial score (nSPS) is 12.9. The Kier molecular flexibility index (Phi) is 16.8. The number of amides is 1. The van der Waals surface area contributed by atoms with Gasteiger partial charge in [0, 0.05) is 35.3 Å². The number of H-pyrrole nitrogens is 1. The number of carbonyl (C=O) groups excluding carboxylic acids is 1. The monoisotopic (exact) mass is 668 g/mol. The van der Waals surface area contributed by atoms with Gasteiger partial charge in [-0.15, -0.1) is 0 Å². The van der Waals surface area contributed by atoms with E-state index in [4.69, 9.17) is 4.74 Å². The third-order valence-electron chi connectivity index (χ3n) is 8.05. The lowest BCUT2D eigenvalue weighted by Gasteiger charge is -2.20. The van der Waals surface area contributed by atoms with Gasteiger partial charge < -0.3 is 10.1 Å². The minimum atomic E-state index is -0.170. The number of ether oxygens (including phenoxy) is 1. The quantitative estimate of drug-likeness (QED) is 0.0866. The molecular formula is C44H52N4O2. The maximum absolute atomic E-state index is 12.9. The molecule has 2 aromatic heterocycles. The molecule has 1 amide bonds. The van der Waals surface area contributed by atoms with Gasteiger partial charge in [-0.1, -0.05) is 116 Å². The largest absolute Gasteiger partial charge is 0.491 e. The lowest BCUT2D eigenvalue weighted by molar-refractivity contribution is -0.121. The van der Waals surface area contributed by atoms with Gasteiger partial charge in [-0.25, -0.2) is 0 Å². The molecule has 0 aliphatic heterocycles. The molecule has 0 bridgehead atoms. The molecule has 0 aliphatic rings. The molecule has 0 saturated carbocycles. The van der Waals surface area contributed by atoms with Gasteiger partial charge in [0.1, 0.15) is 12.4 Å². The van der Waals surface area contributed by atoms with Crippen molar-refractivity contribution in [2.24, 2.45) is 0 Å². The molecule has 0 fully saturated rings. The van der Waals surface area contributed by atoms with Gasteiger partial charge in [0.2, 0.25) is 5.91 Å². The number of aromatic amines is 1. The second-order valence-corrected chi connectivity index (χ2v) is 12.2. The van der Waals surface area contributed by atoms with E-state index >= 15 is 0 Å². The van der Waals surface area contributed by atoms with Crippen LogP contribution in [0.3, 0.4) is 0 Å². The van der Waals surface area contributed by atoms with Crippen LogP contribution >= 0.6 is 0 Å². The summed E-state index contributed by atoms with van der Waals surface area (Å²) in [6, 6.07) is 19.9. The minimum Gasteiger partial charge on any atom is -0.491 e. The van der Waals surface area contributed by atoms with Gasteiger partial charge in [-0.05, 0) is 82.1 Å². The maximum atomic E-state index is 12.9. The first kappa shape index (κ1) is 37.6. The lowest BCUT2D eigenvalue weighted by atomic mass is 10.1. The number of benzene rings is 2. The zero-order chi connectivity index (χ0) is 35.1. The van der Waals surface area contributed by atoms with Crippen LogP contribution in [0, 0.1) is 6.92 Å². The van der Waals surface area contributed by atoms with Gasteiger partial charge in [0.25, 0.3) is 0 Å². The second kappa shape index (κ2) is 22.4. The van der Waals surface area contributed by atoms with E-state index in [9.17, 15) is 4.79 Å². The molecule has 0 spiro atoms. The van der Waals surface area contributed by atoms with Crippen LogP contribution in [0.15, 0.2) is 140 Å². The Labute approximate surface area is 298 Å². The van der Waals surface area contributed by atoms with Crippen LogP contribution in [0.4, 0.5) is 0 Å². The van der Waals surface area contributed by atoms with Crippen LogP contribution in [0.25, 0.3) is 22.2 Å². The summed E-state index contributed by atoms with van der Waals surface area (Å²) < 4.78 is 6.24. The lowest BCUT2D eigenvalue weighted by Crippen LogP contribution is -2.40. The Morgan fingerprint density at radius 3 is 2.10 bits per heavy atom. The predicted octanol–water partition coefficient (Wildman–Crippen LogP) is 10.5. The fourth-order valence-corrected chi connectivity index (χ4v) is 5.36. The van der Waals surface area contributed by atoms with Crippen molar-refractivity contribution < 1.29 is 9.53 Å². The van der Waals surface area contributed by atoms with E-state index in [0.717, 1.165) is 71.9 Å². The van der Waals surface area contributed by atoms with Crippen molar-refractivity contribution in [1.82, 2.24) is 20.5 Å². The van der Waals surface area contributed by atoms with Crippen LogP contribution in [-0.2, 0) is 11.2 Å². The van der Waals surface area contributed by atoms with E-state index in [2.05, 4.69) is 119 Å². The molecule has 2 aromatic carbocycles. The summed E-state index contributed by atoms with van der Waals surface area (Å²) in [5.41, 5.74) is 4.92. The van der Waals surface area contributed by atoms with Crippen LogP contribution in [0.5, 0.6) is 5.75 Å². The highest BCUT2D eigenvalue weighted by Crippen LogP contribution is 2.26. The summed E-state index contributed by atoms with van der Waals surface area (Å²) in [5, 5.41) is 11.6. The van der Waals surface area contributed by atoms with Crippen LogP contribution < -0.4 is 10.1 Å². The molecule has 1 atom stereocenters. The highest BCUT2D eigenvalue weighted by molar-refractivity contribution is 5.86. The fourth-order valence-electron chi connectivity index (χ4n) is 5.36. The molecule has 2 N–H and O–H groups in total. The van der Waals surface area contributed by atoms with E-state index < -0.39 is 0 Å². The Balaban J connectivity index is 1.17. The third-order valence-corrected chi connectivity index (χ3v) is 8.05. The summed E-state index contributed by atoms with van der Waals surface area (Å²) in [5.74, 6) is 0.734. The van der Waals surface area contributed by atoms with Gasteiger partial charge in [-0.2, -0.15) is 5.10 Å². The molecule has 50 heavy (non-hydrogen) atoms. The van der Waals surface area contributed by atoms with Crippen LogP contribution in [-0.4, -0.2) is 33.7 Å². The van der Waals surface area contributed by atoms with E-state index in [0.29, 0.717) is 31.6 Å². The summed E-state index contributed by atoms with van der Waals surface area (Å²) in [7, 11) is 0. The molecule has 4 aromatic rings. The van der Waals surface area contributed by atoms with Gasteiger partial charge in [0.15, 0.2) is 0 Å². The second-order valence-electron chi connectivity index (χ2n) is 12.2. The van der Waals surface area contributed by atoms with E-state index in [1.54, 1.807) is 6.20 Å². The number of fused-ring (bicyclic) bond motifs is 1. The van der Waals surface area contributed by atoms with Crippen LogP contribution in [0.2, 0.25) is 0 Å². The highest BCUT2D eigenvalue weighted by atomic mass is 16.5. The highest BCUT2D eigenvalue weighted by Gasteiger charge is 2.15. The SMILES string of the molecule is CC/C=C\C/C=C\C/C=C\C/C=C\C/C=C\C/C=C\CCC(=O)N[C@H](COc1ccnc(-c2ccc3n[nH]c(C)c3c2)c1)Cc1ccccc1. The summed E-state index contributed by atoms with van der Waals surface area (Å²) >= 11 is 0. The van der Waals surface area contributed by atoms with Crippen molar-refractivity contribution >= 4 is 16.8 Å². The smallest absolute Gasteiger partial charge is 0.220 e. The number of nitrogens with zero attached hydrogens (tertiary/aromatic N) is 2. The number of aryl methyl sites for hydroxylation is 1. The average molecular weight is 669 g/mol.